The summed E-state index contributed by atoms with van der Waals surface area (Å²) in [5.74, 6) is 1.03. The first-order chi connectivity index (χ1) is 9.74. The van der Waals surface area contributed by atoms with Crippen molar-refractivity contribution < 1.29 is 4.74 Å². The number of benzene rings is 1. The Kier molecular flexibility index (Phi) is 4.02. The highest BCUT2D eigenvalue weighted by molar-refractivity contribution is 5.29. The topological polar surface area (TPSA) is 35.2 Å². The quantitative estimate of drug-likeness (QED) is 0.901. The highest BCUT2D eigenvalue weighted by atomic mass is 16.5. The van der Waals surface area contributed by atoms with Gasteiger partial charge in [0, 0.05) is 17.9 Å². The lowest BCUT2D eigenvalue weighted by molar-refractivity contribution is -0.0770. The number of nitrogens with two attached hydrogens (primary N) is 1. The predicted molar refractivity (Wildman–Crippen MR) is 83.0 cm³/mol. The van der Waals surface area contributed by atoms with Crippen LogP contribution in [0.3, 0.4) is 0 Å². The van der Waals surface area contributed by atoms with E-state index < -0.39 is 0 Å². The summed E-state index contributed by atoms with van der Waals surface area (Å²) in [6.45, 7) is 2.19. The summed E-state index contributed by atoms with van der Waals surface area (Å²) in [6.07, 6.45) is 10.3. The standard InChI is InChI=1S/C18H27NO/c1-2-14-8-7-9-15(12-14)20-17-13-16(19)18(17)10-5-3-4-6-11-18/h7-9,12,16-17H,2-6,10-11,13,19H2,1H3. The second-order valence-electron chi connectivity index (χ2n) is 6.60. The van der Waals surface area contributed by atoms with Crippen molar-refractivity contribution in [3.63, 3.8) is 0 Å². The van der Waals surface area contributed by atoms with Crippen LogP contribution in [0.15, 0.2) is 24.3 Å². The first kappa shape index (κ1) is 13.9. The van der Waals surface area contributed by atoms with Crippen molar-refractivity contribution in [1.82, 2.24) is 0 Å². The maximum absolute atomic E-state index is 6.38. The van der Waals surface area contributed by atoms with Crippen LogP contribution in [-0.4, -0.2) is 12.1 Å². The van der Waals surface area contributed by atoms with Crippen LogP contribution in [0.4, 0.5) is 0 Å². The molecule has 2 atom stereocenters. The molecule has 3 rings (SSSR count). The highest BCUT2D eigenvalue weighted by Crippen LogP contribution is 2.51. The van der Waals surface area contributed by atoms with Gasteiger partial charge in [0.05, 0.1) is 0 Å². The van der Waals surface area contributed by atoms with E-state index in [2.05, 4.69) is 31.2 Å². The Morgan fingerprint density at radius 2 is 1.95 bits per heavy atom. The van der Waals surface area contributed by atoms with Crippen LogP contribution < -0.4 is 10.5 Å². The summed E-state index contributed by atoms with van der Waals surface area (Å²) in [6, 6.07) is 8.90. The average molecular weight is 273 g/mol. The fourth-order valence-electron chi connectivity index (χ4n) is 4.03. The molecule has 2 aliphatic carbocycles. The number of ether oxygens (including phenoxy) is 1. The van der Waals surface area contributed by atoms with Gasteiger partial charge in [-0.2, -0.15) is 0 Å². The Morgan fingerprint density at radius 3 is 2.60 bits per heavy atom. The highest BCUT2D eigenvalue weighted by Gasteiger charge is 2.54. The molecule has 2 N–H and O–H groups in total. The van der Waals surface area contributed by atoms with E-state index in [0.717, 1.165) is 18.6 Å². The summed E-state index contributed by atoms with van der Waals surface area (Å²) in [5, 5.41) is 0. The molecule has 0 bridgehead atoms. The monoisotopic (exact) mass is 273 g/mol. The molecule has 2 heteroatoms. The van der Waals surface area contributed by atoms with Crippen LogP contribution in [0.2, 0.25) is 0 Å². The van der Waals surface area contributed by atoms with E-state index in [1.54, 1.807) is 0 Å². The average Bonchev–Trinajstić information content (AvgIpc) is 2.75. The smallest absolute Gasteiger partial charge is 0.120 e. The first-order valence-electron chi connectivity index (χ1n) is 8.26. The van der Waals surface area contributed by atoms with E-state index in [0.29, 0.717) is 12.1 Å². The molecular formula is C18H27NO. The summed E-state index contributed by atoms with van der Waals surface area (Å²) in [7, 11) is 0. The second-order valence-corrected chi connectivity index (χ2v) is 6.60. The molecule has 1 spiro atoms. The molecule has 0 aromatic heterocycles. The van der Waals surface area contributed by atoms with Crippen molar-refractivity contribution in [2.45, 2.75) is 70.4 Å². The van der Waals surface area contributed by atoms with Gasteiger partial charge in [0.25, 0.3) is 0 Å². The lowest BCUT2D eigenvalue weighted by Crippen LogP contribution is -2.63. The molecule has 2 fully saturated rings. The zero-order valence-corrected chi connectivity index (χ0v) is 12.6. The van der Waals surface area contributed by atoms with E-state index in [9.17, 15) is 0 Å². The van der Waals surface area contributed by atoms with Gasteiger partial charge >= 0.3 is 0 Å². The normalized spacial score (nSPS) is 28.7. The van der Waals surface area contributed by atoms with Gasteiger partial charge in [0.15, 0.2) is 0 Å². The van der Waals surface area contributed by atoms with Gasteiger partial charge in [0.2, 0.25) is 0 Å². The summed E-state index contributed by atoms with van der Waals surface area (Å²) in [5.41, 5.74) is 7.99. The van der Waals surface area contributed by atoms with Gasteiger partial charge in [0.1, 0.15) is 11.9 Å². The Labute approximate surface area is 122 Å². The zero-order valence-electron chi connectivity index (χ0n) is 12.6. The van der Waals surface area contributed by atoms with E-state index in [4.69, 9.17) is 10.5 Å². The van der Waals surface area contributed by atoms with Crippen molar-refractivity contribution >= 4 is 0 Å². The van der Waals surface area contributed by atoms with Crippen molar-refractivity contribution in [3.8, 4) is 5.75 Å². The molecule has 20 heavy (non-hydrogen) atoms. The van der Waals surface area contributed by atoms with Crippen LogP contribution in [0.5, 0.6) is 5.75 Å². The third kappa shape index (κ3) is 2.46. The maximum atomic E-state index is 6.38. The van der Waals surface area contributed by atoms with Gasteiger partial charge in [-0.3, -0.25) is 0 Å². The zero-order chi connectivity index (χ0) is 14.0. The van der Waals surface area contributed by atoms with Crippen LogP contribution in [0, 0.1) is 5.41 Å². The number of hydrogen-bond donors (Lipinski definition) is 1. The lowest BCUT2D eigenvalue weighted by atomic mass is 9.58. The maximum Gasteiger partial charge on any atom is 0.120 e. The molecule has 1 aromatic carbocycles. The minimum Gasteiger partial charge on any atom is -0.490 e. The number of aryl methyl sites for hydroxylation is 1. The molecule has 0 amide bonds. The first-order valence-corrected chi connectivity index (χ1v) is 8.26. The fraction of sp³-hybridized carbons (Fsp3) is 0.667. The lowest BCUT2D eigenvalue weighted by Gasteiger charge is -2.54. The molecule has 0 radical (unpaired) electrons. The molecule has 110 valence electrons. The van der Waals surface area contributed by atoms with Gasteiger partial charge in [-0.05, 0) is 37.0 Å². The van der Waals surface area contributed by atoms with Gasteiger partial charge in [-0.15, -0.1) is 0 Å². The van der Waals surface area contributed by atoms with Crippen molar-refractivity contribution in [1.29, 1.82) is 0 Å². The van der Waals surface area contributed by atoms with Crippen molar-refractivity contribution in [2.75, 3.05) is 0 Å². The summed E-state index contributed by atoms with van der Waals surface area (Å²) < 4.78 is 6.33. The minimum atomic E-state index is 0.263. The Bertz CT molecular complexity index is 448. The molecule has 1 aromatic rings. The fourth-order valence-corrected chi connectivity index (χ4v) is 4.03. The van der Waals surface area contributed by atoms with Crippen LogP contribution in [-0.2, 0) is 6.42 Å². The molecule has 0 aliphatic heterocycles. The van der Waals surface area contributed by atoms with E-state index in [-0.39, 0.29) is 5.41 Å². The van der Waals surface area contributed by atoms with Gasteiger partial charge < -0.3 is 10.5 Å². The summed E-state index contributed by atoms with van der Waals surface area (Å²) >= 11 is 0. The number of rotatable bonds is 3. The molecule has 2 aliphatic rings. The van der Waals surface area contributed by atoms with Crippen LogP contribution in [0.1, 0.15) is 57.4 Å². The van der Waals surface area contributed by atoms with E-state index in [1.807, 2.05) is 0 Å². The largest absolute Gasteiger partial charge is 0.490 e. The third-order valence-corrected chi connectivity index (χ3v) is 5.47. The third-order valence-electron chi connectivity index (χ3n) is 5.47. The Hall–Kier alpha value is -1.02. The number of hydrogen-bond acceptors (Lipinski definition) is 2. The van der Waals surface area contributed by atoms with E-state index >= 15 is 0 Å². The van der Waals surface area contributed by atoms with Crippen LogP contribution >= 0.6 is 0 Å². The molecular weight excluding hydrogens is 246 g/mol. The predicted octanol–water partition coefficient (Wildman–Crippen LogP) is 4.07. The van der Waals surface area contributed by atoms with Gasteiger partial charge in [-0.25, -0.2) is 0 Å². The molecule has 0 saturated heterocycles. The van der Waals surface area contributed by atoms with E-state index in [1.165, 1.54) is 44.1 Å². The Balaban J connectivity index is 1.73. The van der Waals surface area contributed by atoms with Gasteiger partial charge in [-0.1, -0.05) is 44.7 Å². The Morgan fingerprint density at radius 1 is 1.20 bits per heavy atom. The van der Waals surface area contributed by atoms with Crippen LogP contribution in [0.25, 0.3) is 0 Å². The second kappa shape index (κ2) is 5.77. The SMILES string of the molecule is CCc1cccc(OC2CC(N)C23CCCCCC3)c1. The van der Waals surface area contributed by atoms with Crippen molar-refractivity contribution in [3.05, 3.63) is 29.8 Å². The summed E-state index contributed by atoms with van der Waals surface area (Å²) in [4.78, 5) is 0. The molecule has 0 heterocycles. The van der Waals surface area contributed by atoms with Crippen molar-refractivity contribution in [2.24, 2.45) is 11.1 Å². The molecule has 2 unspecified atom stereocenters. The molecule has 2 nitrogen and oxygen atoms in total. The molecule has 2 saturated carbocycles. The minimum absolute atomic E-state index is 0.263.